The van der Waals surface area contributed by atoms with Gasteiger partial charge in [0.1, 0.15) is 5.75 Å². The number of rotatable bonds is 4. The first-order chi connectivity index (χ1) is 14.1. The molecule has 7 heteroatoms. The quantitative estimate of drug-likeness (QED) is 0.658. The van der Waals surface area contributed by atoms with Crippen LogP contribution in [0.4, 0.5) is 10.5 Å². The molecule has 0 fully saturated rings. The van der Waals surface area contributed by atoms with Crippen LogP contribution in [-0.4, -0.2) is 42.1 Å². The van der Waals surface area contributed by atoms with Crippen LogP contribution < -0.4 is 10.1 Å². The number of methoxy groups -OCH3 is 1. The normalized spacial score (nSPS) is 13.1. The zero-order valence-electron chi connectivity index (χ0n) is 16.5. The van der Waals surface area contributed by atoms with Gasteiger partial charge in [0.15, 0.2) is 0 Å². The van der Waals surface area contributed by atoms with Gasteiger partial charge in [-0.25, -0.2) is 9.59 Å². The predicted octanol–water partition coefficient (Wildman–Crippen LogP) is 3.94. The second-order valence-corrected chi connectivity index (χ2v) is 6.89. The third-order valence-electron chi connectivity index (χ3n) is 5.12. The lowest BCUT2D eigenvalue weighted by atomic mass is 10.0. The number of carbonyl (C=O) groups is 2. The number of nitrogens with zero attached hydrogens (tertiary/aromatic N) is 1. The Bertz CT molecular complexity index is 1060. The van der Waals surface area contributed by atoms with Crippen molar-refractivity contribution in [3.63, 3.8) is 0 Å². The number of nitrogens with one attached hydrogen (secondary N) is 2. The Labute approximate surface area is 168 Å². The van der Waals surface area contributed by atoms with Crippen LogP contribution in [-0.2, 0) is 17.7 Å². The molecule has 0 atom stereocenters. The van der Waals surface area contributed by atoms with Crippen LogP contribution in [0.1, 0.15) is 28.5 Å². The molecule has 1 aromatic heterocycles. The number of urea groups is 1. The minimum absolute atomic E-state index is 0.170. The second kappa shape index (κ2) is 7.87. The summed E-state index contributed by atoms with van der Waals surface area (Å²) in [6.07, 6.45) is 0.765. The molecule has 0 saturated carbocycles. The van der Waals surface area contributed by atoms with E-state index >= 15 is 0 Å². The molecule has 0 radical (unpaired) electrons. The average molecular weight is 393 g/mol. The number of aromatic amines is 1. The van der Waals surface area contributed by atoms with E-state index in [0.717, 1.165) is 34.3 Å². The van der Waals surface area contributed by atoms with Crippen molar-refractivity contribution in [3.05, 3.63) is 59.3 Å². The molecule has 0 bridgehead atoms. The number of hydrogen-bond acceptors (Lipinski definition) is 4. The van der Waals surface area contributed by atoms with Gasteiger partial charge < -0.3 is 24.7 Å². The maximum Gasteiger partial charge on any atom is 0.338 e. The number of ether oxygens (including phenoxy) is 2. The van der Waals surface area contributed by atoms with Crippen LogP contribution in [0.5, 0.6) is 5.75 Å². The van der Waals surface area contributed by atoms with Crippen LogP contribution in [0.3, 0.4) is 0 Å². The molecule has 3 aromatic rings. The number of hydrogen-bond donors (Lipinski definition) is 2. The summed E-state index contributed by atoms with van der Waals surface area (Å²) in [5.74, 6) is 0.422. The number of H-pyrrole nitrogens is 1. The van der Waals surface area contributed by atoms with Crippen molar-refractivity contribution in [3.8, 4) is 5.75 Å². The first-order valence-electron chi connectivity index (χ1n) is 9.59. The van der Waals surface area contributed by atoms with E-state index in [1.807, 2.05) is 18.2 Å². The molecule has 7 nitrogen and oxygen atoms in total. The van der Waals surface area contributed by atoms with Gasteiger partial charge in [-0.2, -0.15) is 0 Å². The van der Waals surface area contributed by atoms with Gasteiger partial charge in [0.05, 0.1) is 19.3 Å². The van der Waals surface area contributed by atoms with Crippen molar-refractivity contribution < 1.29 is 19.1 Å². The molecule has 0 aliphatic carbocycles. The van der Waals surface area contributed by atoms with Crippen molar-refractivity contribution >= 4 is 28.6 Å². The molecule has 29 heavy (non-hydrogen) atoms. The molecule has 1 aliphatic rings. The maximum atomic E-state index is 12.8. The summed E-state index contributed by atoms with van der Waals surface area (Å²) in [6, 6.07) is 12.5. The van der Waals surface area contributed by atoms with E-state index in [2.05, 4.69) is 10.3 Å². The third-order valence-corrected chi connectivity index (χ3v) is 5.12. The van der Waals surface area contributed by atoms with E-state index in [-0.39, 0.29) is 12.0 Å². The minimum atomic E-state index is -0.372. The van der Waals surface area contributed by atoms with Crippen molar-refractivity contribution in [2.24, 2.45) is 0 Å². The highest BCUT2D eigenvalue weighted by Crippen LogP contribution is 2.30. The molecule has 0 unspecified atom stereocenters. The molecule has 2 heterocycles. The SMILES string of the molecule is CCOC(=O)c1ccc(NC(=O)N2CCc3[nH]c4ccc(OC)cc4c3C2)cc1. The lowest BCUT2D eigenvalue weighted by Gasteiger charge is -2.27. The van der Waals surface area contributed by atoms with Crippen LogP contribution in [0.2, 0.25) is 0 Å². The third kappa shape index (κ3) is 3.76. The highest BCUT2D eigenvalue weighted by atomic mass is 16.5. The predicted molar refractivity (Wildman–Crippen MR) is 110 cm³/mol. The first-order valence-corrected chi connectivity index (χ1v) is 9.59. The van der Waals surface area contributed by atoms with Crippen molar-refractivity contribution in [1.82, 2.24) is 9.88 Å². The fourth-order valence-corrected chi connectivity index (χ4v) is 3.60. The van der Waals surface area contributed by atoms with Gasteiger partial charge >= 0.3 is 12.0 Å². The lowest BCUT2D eigenvalue weighted by Crippen LogP contribution is -2.38. The fourth-order valence-electron chi connectivity index (χ4n) is 3.60. The van der Waals surface area contributed by atoms with Gasteiger partial charge in [0.2, 0.25) is 0 Å². The highest BCUT2D eigenvalue weighted by molar-refractivity contribution is 5.93. The van der Waals surface area contributed by atoms with E-state index < -0.39 is 0 Å². The van der Waals surface area contributed by atoms with Crippen LogP contribution in [0, 0.1) is 0 Å². The number of carbonyl (C=O) groups excluding carboxylic acids is 2. The van der Waals surface area contributed by atoms with E-state index in [1.165, 1.54) is 0 Å². The molecule has 2 N–H and O–H groups in total. The topological polar surface area (TPSA) is 83.7 Å². The highest BCUT2D eigenvalue weighted by Gasteiger charge is 2.24. The summed E-state index contributed by atoms with van der Waals surface area (Å²) >= 11 is 0. The second-order valence-electron chi connectivity index (χ2n) is 6.89. The van der Waals surface area contributed by atoms with E-state index in [0.29, 0.717) is 30.9 Å². The van der Waals surface area contributed by atoms with E-state index in [1.54, 1.807) is 43.2 Å². The van der Waals surface area contributed by atoms with Crippen molar-refractivity contribution in [2.75, 3.05) is 25.6 Å². The zero-order chi connectivity index (χ0) is 20.4. The van der Waals surface area contributed by atoms with Gasteiger partial charge in [0.25, 0.3) is 0 Å². The number of anilines is 1. The Morgan fingerprint density at radius 1 is 1.17 bits per heavy atom. The molecule has 1 aliphatic heterocycles. The summed E-state index contributed by atoms with van der Waals surface area (Å²) in [7, 11) is 1.65. The Balaban J connectivity index is 1.47. The number of fused-ring (bicyclic) bond motifs is 3. The van der Waals surface area contributed by atoms with Crippen LogP contribution >= 0.6 is 0 Å². The van der Waals surface area contributed by atoms with Gasteiger partial charge in [-0.3, -0.25) is 0 Å². The first kappa shape index (κ1) is 18.9. The monoisotopic (exact) mass is 393 g/mol. The van der Waals surface area contributed by atoms with E-state index in [4.69, 9.17) is 9.47 Å². The Kier molecular flexibility index (Phi) is 5.12. The number of benzene rings is 2. The lowest BCUT2D eigenvalue weighted by molar-refractivity contribution is 0.0526. The smallest absolute Gasteiger partial charge is 0.338 e. The molecule has 0 spiro atoms. The minimum Gasteiger partial charge on any atom is -0.497 e. The molecular formula is C22H23N3O4. The summed E-state index contributed by atoms with van der Waals surface area (Å²) in [6.45, 7) is 3.24. The summed E-state index contributed by atoms with van der Waals surface area (Å²) in [4.78, 5) is 29.7. The molecule has 0 saturated heterocycles. The summed E-state index contributed by atoms with van der Waals surface area (Å²) in [5, 5.41) is 3.98. The molecule has 2 amide bonds. The Morgan fingerprint density at radius 2 is 1.97 bits per heavy atom. The number of aromatic nitrogens is 1. The fraction of sp³-hybridized carbons (Fsp3) is 0.273. The van der Waals surface area contributed by atoms with E-state index in [9.17, 15) is 9.59 Å². The zero-order valence-corrected chi connectivity index (χ0v) is 16.5. The van der Waals surface area contributed by atoms with Gasteiger partial charge in [-0.05, 0) is 49.4 Å². The largest absolute Gasteiger partial charge is 0.497 e. The van der Waals surface area contributed by atoms with Crippen molar-refractivity contribution in [2.45, 2.75) is 19.9 Å². The van der Waals surface area contributed by atoms with Gasteiger partial charge in [-0.1, -0.05) is 0 Å². The van der Waals surface area contributed by atoms with Gasteiger partial charge in [0, 0.05) is 47.4 Å². The molecule has 4 rings (SSSR count). The summed E-state index contributed by atoms with van der Waals surface area (Å²) in [5.41, 5.74) is 4.43. The maximum absolute atomic E-state index is 12.8. The Hall–Kier alpha value is -3.48. The number of esters is 1. The average Bonchev–Trinajstić information content (AvgIpc) is 3.11. The molecule has 2 aromatic carbocycles. The Morgan fingerprint density at radius 3 is 2.69 bits per heavy atom. The van der Waals surface area contributed by atoms with Gasteiger partial charge in [-0.15, -0.1) is 0 Å². The standard InChI is InChI=1S/C22H23N3O4/c1-3-29-21(26)14-4-6-15(7-5-14)23-22(27)25-11-10-20-18(13-25)17-12-16(28-2)8-9-19(17)24-20/h4-9,12,24H,3,10-11,13H2,1-2H3,(H,23,27). The molecule has 150 valence electrons. The van der Waals surface area contributed by atoms with Crippen LogP contribution in [0.15, 0.2) is 42.5 Å². The van der Waals surface area contributed by atoms with Crippen molar-refractivity contribution in [1.29, 1.82) is 0 Å². The van der Waals surface area contributed by atoms with Crippen LogP contribution in [0.25, 0.3) is 10.9 Å². The summed E-state index contributed by atoms with van der Waals surface area (Å²) < 4.78 is 10.3. The molecular weight excluding hydrogens is 370 g/mol. The number of amides is 2.